The summed E-state index contributed by atoms with van der Waals surface area (Å²) in [6, 6.07) is 14.0. The highest BCUT2D eigenvalue weighted by Gasteiger charge is 2.10. The van der Waals surface area contributed by atoms with E-state index in [1.165, 1.54) is 9.79 Å². The van der Waals surface area contributed by atoms with E-state index in [9.17, 15) is 4.79 Å². The van der Waals surface area contributed by atoms with Gasteiger partial charge >= 0.3 is 5.97 Å². The first-order valence-electron chi connectivity index (χ1n) is 6.87. The van der Waals surface area contributed by atoms with Crippen molar-refractivity contribution in [3.8, 4) is 0 Å². The number of ether oxygens (including phenoxy) is 1. The van der Waals surface area contributed by atoms with Crippen molar-refractivity contribution in [3.63, 3.8) is 0 Å². The van der Waals surface area contributed by atoms with Gasteiger partial charge in [-0.1, -0.05) is 34.6 Å². The van der Waals surface area contributed by atoms with Crippen molar-refractivity contribution in [3.05, 3.63) is 58.1 Å². The van der Waals surface area contributed by atoms with Crippen molar-refractivity contribution in [2.45, 2.75) is 30.1 Å². The molecule has 0 aliphatic heterocycles. The lowest BCUT2D eigenvalue weighted by atomic mass is 10.1. The maximum atomic E-state index is 11.8. The van der Waals surface area contributed by atoms with Crippen LogP contribution in [0.25, 0.3) is 0 Å². The zero-order chi connectivity index (χ0) is 15.2. The Morgan fingerprint density at radius 1 is 1.14 bits per heavy atom. The molecule has 2 aromatic rings. The minimum Gasteiger partial charge on any atom is -0.462 e. The molecule has 0 unspecified atom stereocenters. The molecule has 0 bridgehead atoms. The van der Waals surface area contributed by atoms with Gasteiger partial charge in [0.05, 0.1) is 12.2 Å². The normalized spacial score (nSPS) is 10.4. The molecule has 0 heterocycles. The number of esters is 1. The Labute approximate surface area is 138 Å². The quantitative estimate of drug-likeness (QED) is 0.669. The molecule has 0 radical (unpaired) electrons. The Morgan fingerprint density at radius 3 is 2.48 bits per heavy atom. The van der Waals surface area contributed by atoms with Gasteiger partial charge in [0.15, 0.2) is 0 Å². The lowest BCUT2D eigenvalue weighted by molar-refractivity contribution is 0.0526. The lowest BCUT2D eigenvalue weighted by Gasteiger charge is -2.10. The summed E-state index contributed by atoms with van der Waals surface area (Å²) in [5.74, 6) is -0.257. The largest absolute Gasteiger partial charge is 0.462 e. The van der Waals surface area contributed by atoms with Gasteiger partial charge in [-0.05, 0) is 61.4 Å². The highest BCUT2D eigenvalue weighted by Crippen LogP contribution is 2.32. The van der Waals surface area contributed by atoms with E-state index >= 15 is 0 Å². The number of rotatable bonds is 5. The van der Waals surface area contributed by atoms with Crippen LogP contribution in [-0.2, 0) is 11.2 Å². The van der Waals surface area contributed by atoms with Crippen molar-refractivity contribution in [1.82, 2.24) is 0 Å². The summed E-state index contributed by atoms with van der Waals surface area (Å²) in [6.07, 6.45) is 0.881. The molecule has 0 N–H and O–H groups in total. The van der Waals surface area contributed by atoms with Gasteiger partial charge in [0.2, 0.25) is 0 Å². The van der Waals surface area contributed by atoms with Crippen LogP contribution in [0.3, 0.4) is 0 Å². The molecule has 0 saturated heterocycles. The summed E-state index contributed by atoms with van der Waals surface area (Å²) >= 11 is 5.15. The van der Waals surface area contributed by atoms with Crippen LogP contribution >= 0.6 is 27.7 Å². The Kier molecular flexibility index (Phi) is 5.88. The third-order valence-electron chi connectivity index (χ3n) is 2.99. The molecular weight excluding hydrogens is 348 g/mol. The molecule has 0 fully saturated rings. The lowest BCUT2D eigenvalue weighted by Crippen LogP contribution is -2.05. The minimum absolute atomic E-state index is 0.257. The van der Waals surface area contributed by atoms with Crippen LogP contribution in [0, 0.1) is 0 Å². The van der Waals surface area contributed by atoms with Crippen LogP contribution in [0.4, 0.5) is 0 Å². The molecule has 0 aliphatic carbocycles. The molecule has 0 aromatic heterocycles. The second kappa shape index (κ2) is 7.66. The molecule has 0 atom stereocenters. The zero-order valence-corrected chi connectivity index (χ0v) is 14.5. The SMILES string of the molecule is CCOC(=O)c1ccc(Sc2ccc(Br)cc2)c(CC)c1. The van der Waals surface area contributed by atoms with Crippen LogP contribution in [0.1, 0.15) is 29.8 Å². The summed E-state index contributed by atoms with van der Waals surface area (Å²) in [6.45, 7) is 4.31. The Balaban J connectivity index is 2.23. The van der Waals surface area contributed by atoms with Crippen LogP contribution in [0.2, 0.25) is 0 Å². The fourth-order valence-electron chi connectivity index (χ4n) is 1.93. The van der Waals surface area contributed by atoms with Crippen LogP contribution < -0.4 is 0 Å². The number of hydrogen-bond donors (Lipinski definition) is 0. The first-order valence-corrected chi connectivity index (χ1v) is 8.48. The summed E-state index contributed by atoms with van der Waals surface area (Å²) < 4.78 is 6.12. The summed E-state index contributed by atoms with van der Waals surface area (Å²) in [5, 5.41) is 0. The standard InChI is InChI=1S/C17H17BrO2S/c1-3-12-11-13(17(19)20-4-2)5-10-16(12)21-15-8-6-14(18)7-9-15/h5-11H,3-4H2,1-2H3. The van der Waals surface area contributed by atoms with E-state index < -0.39 is 0 Å². The maximum absolute atomic E-state index is 11.8. The highest BCUT2D eigenvalue weighted by molar-refractivity contribution is 9.10. The van der Waals surface area contributed by atoms with Crippen molar-refractivity contribution >= 4 is 33.7 Å². The second-order valence-electron chi connectivity index (χ2n) is 4.45. The maximum Gasteiger partial charge on any atom is 0.338 e. The number of aryl methyl sites for hydroxylation is 1. The molecule has 2 aromatic carbocycles. The zero-order valence-electron chi connectivity index (χ0n) is 12.1. The van der Waals surface area contributed by atoms with Gasteiger partial charge in [-0.2, -0.15) is 0 Å². The monoisotopic (exact) mass is 364 g/mol. The molecule has 0 amide bonds. The fraction of sp³-hybridized carbons (Fsp3) is 0.235. The van der Waals surface area contributed by atoms with E-state index in [-0.39, 0.29) is 5.97 Å². The third kappa shape index (κ3) is 4.35. The fourth-order valence-corrected chi connectivity index (χ4v) is 3.19. The summed E-state index contributed by atoms with van der Waals surface area (Å²) in [7, 11) is 0. The van der Waals surface area contributed by atoms with Crippen LogP contribution in [-0.4, -0.2) is 12.6 Å². The molecular formula is C17H17BrO2S. The van der Waals surface area contributed by atoms with Crippen molar-refractivity contribution in [2.24, 2.45) is 0 Å². The number of hydrogen-bond acceptors (Lipinski definition) is 3. The average Bonchev–Trinajstić information content (AvgIpc) is 2.50. The number of carbonyl (C=O) groups excluding carboxylic acids is 1. The van der Waals surface area contributed by atoms with Crippen molar-refractivity contribution in [2.75, 3.05) is 6.61 Å². The average molecular weight is 365 g/mol. The van der Waals surface area contributed by atoms with Gasteiger partial charge in [0, 0.05) is 14.3 Å². The molecule has 2 nitrogen and oxygen atoms in total. The molecule has 2 rings (SSSR count). The van der Waals surface area contributed by atoms with E-state index in [2.05, 4.69) is 35.0 Å². The minimum atomic E-state index is -0.257. The van der Waals surface area contributed by atoms with Gasteiger partial charge < -0.3 is 4.74 Å². The predicted molar refractivity (Wildman–Crippen MR) is 90.0 cm³/mol. The van der Waals surface area contributed by atoms with Crippen molar-refractivity contribution in [1.29, 1.82) is 0 Å². The number of benzene rings is 2. The number of halogens is 1. The molecule has 0 saturated carbocycles. The van der Waals surface area contributed by atoms with Gasteiger partial charge in [-0.15, -0.1) is 0 Å². The van der Waals surface area contributed by atoms with E-state index in [0.717, 1.165) is 16.5 Å². The molecule has 0 aliphatic rings. The molecule has 0 spiro atoms. The van der Waals surface area contributed by atoms with Crippen LogP contribution in [0.15, 0.2) is 56.7 Å². The number of carbonyl (C=O) groups is 1. The first kappa shape index (κ1) is 16.1. The van der Waals surface area contributed by atoms with Crippen LogP contribution in [0.5, 0.6) is 0 Å². The van der Waals surface area contributed by atoms with Crippen molar-refractivity contribution < 1.29 is 9.53 Å². The van der Waals surface area contributed by atoms with Gasteiger partial charge in [-0.25, -0.2) is 4.79 Å². The Hall–Kier alpha value is -1.26. The first-order chi connectivity index (χ1) is 10.1. The summed E-state index contributed by atoms with van der Waals surface area (Å²) in [5.41, 5.74) is 1.78. The Morgan fingerprint density at radius 2 is 1.86 bits per heavy atom. The van der Waals surface area contributed by atoms with E-state index in [1.54, 1.807) is 11.8 Å². The molecule has 4 heteroatoms. The van der Waals surface area contributed by atoms with Gasteiger partial charge in [-0.3, -0.25) is 0 Å². The van der Waals surface area contributed by atoms with E-state index in [1.807, 2.05) is 37.3 Å². The summed E-state index contributed by atoms with van der Waals surface area (Å²) in [4.78, 5) is 14.1. The Bertz CT molecular complexity index is 623. The molecule has 110 valence electrons. The predicted octanol–water partition coefficient (Wildman–Crippen LogP) is 5.34. The smallest absolute Gasteiger partial charge is 0.338 e. The topological polar surface area (TPSA) is 26.3 Å². The van der Waals surface area contributed by atoms with Gasteiger partial charge in [0.1, 0.15) is 0 Å². The van der Waals surface area contributed by atoms with E-state index in [0.29, 0.717) is 12.2 Å². The third-order valence-corrected chi connectivity index (χ3v) is 4.65. The molecule has 21 heavy (non-hydrogen) atoms. The van der Waals surface area contributed by atoms with E-state index in [4.69, 9.17) is 4.74 Å². The highest BCUT2D eigenvalue weighted by atomic mass is 79.9. The van der Waals surface area contributed by atoms with Gasteiger partial charge in [0.25, 0.3) is 0 Å². The second-order valence-corrected chi connectivity index (χ2v) is 6.48.